The largest absolute Gasteiger partial charge is 0.361 e. The van der Waals surface area contributed by atoms with Crippen LogP contribution in [0.2, 0.25) is 0 Å². The number of likely N-dealkylation sites (tertiary alicyclic amines) is 1. The van der Waals surface area contributed by atoms with Gasteiger partial charge in [-0.1, -0.05) is 0 Å². The van der Waals surface area contributed by atoms with Gasteiger partial charge < -0.3 is 20.5 Å². The summed E-state index contributed by atoms with van der Waals surface area (Å²) in [4.78, 5) is 8.05. The van der Waals surface area contributed by atoms with Crippen molar-refractivity contribution in [2.45, 2.75) is 12.8 Å². The van der Waals surface area contributed by atoms with Crippen LogP contribution in [0.5, 0.6) is 0 Å². The van der Waals surface area contributed by atoms with Crippen LogP contribution < -0.4 is 10.6 Å². The highest BCUT2D eigenvalue weighted by atomic mass is 15.2. The molecule has 0 saturated carbocycles. The Morgan fingerprint density at radius 3 is 2.82 bits per heavy atom. The number of nitrogens with one attached hydrogen (secondary N) is 1. The minimum absolute atomic E-state index is 0.785. The molecule has 1 aromatic heterocycles. The second-order valence-electron chi connectivity index (χ2n) is 5.01. The molecule has 0 radical (unpaired) electrons. The standard InChI is InChI=1S/C13H24N4/c1-16(13-3-2-7-15-13)11-12-4-8-17(9-5-12)10-6-14/h2-3,7,12,15H,4-6,8-11,14H2,1H3. The van der Waals surface area contributed by atoms with Gasteiger partial charge in [0, 0.05) is 32.9 Å². The molecule has 3 N–H and O–H groups in total. The summed E-state index contributed by atoms with van der Waals surface area (Å²) < 4.78 is 0. The van der Waals surface area contributed by atoms with Crippen molar-refractivity contribution >= 4 is 5.82 Å². The third kappa shape index (κ3) is 3.48. The number of nitrogens with zero attached hydrogens (tertiary/aromatic N) is 2. The number of anilines is 1. The van der Waals surface area contributed by atoms with Gasteiger partial charge in [0.25, 0.3) is 0 Å². The number of aromatic amines is 1. The fourth-order valence-corrected chi connectivity index (χ4v) is 2.62. The number of piperidine rings is 1. The molecule has 0 aliphatic carbocycles. The van der Waals surface area contributed by atoms with E-state index in [0.29, 0.717) is 0 Å². The summed E-state index contributed by atoms with van der Waals surface area (Å²) in [5, 5.41) is 0. The fraction of sp³-hybridized carbons (Fsp3) is 0.692. The van der Waals surface area contributed by atoms with Gasteiger partial charge in [-0.2, -0.15) is 0 Å². The maximum Gasteiger partial charge on any atom is 0.105 e. The Hall–Kier alpha value is -1.00. The van der Waals surface area contributed by atoms with Gasteiger partial charge in [0.15, 0.2) is 0 Å². The molecular weight excluding hydrogens is 212 g/mol. The molecule has 4 heteroatoms. The summed E-state index contributed by atoms with van der Waals surface area (Å²) >= 11 is 0. The molecule has 2 heterocycles. The van der Waals surface area contributed by atoms with Crippen molar-refractivity contribution in [3.05, 3.63) is 18.3 Å². The third-order valence-electron chi connectivity index (χ3n) is 3.68. The Balaban J connectivity index is 1.74. The summed E-state index contributed by atoms with van der Waals surface area (Å²) in [6.07, 6.45) is 4.58. The minimum atomic E-state index is 0.785. The second-order valence-corrected chi connectivity index (χ2v) is 5.01. The first kappa shape index (κ1) is 12.5. The molecular formula is C13H24N4. The van der Waals surface area contributed by atoms with Crippen molar-refractivity contribution in [2.24, 2.45) is 11.7 Å². The van der Waals surface area contributed by atoms with Crippen LogP contribution in [0.25, 0.3) is 0 Å². The highest BCUT2D eigenvalue weighted by Crippen LogP contribution is 2.19. The van der Waals surface area contributed by atoms with Gasteiger partial charge >= 0.3 is 0 Å². The zero-order chi connectivity index (χ0) is 12.1. The molecule has 1 saturated heterocycles. The highest BCUT2D eigenvalue weighted by Gasteiger charge is 2.20. The number of rotatable bonds is 5. The van der Waals surface area contributed by atoms with E-state index in [0.717, 1.165) is 25.6 Å². The van der Waals surface area contributed by atoms with Crippen molar-refractivity contribution in [1.82, 2.24) is 9.88 Å². The van der Waals surface area contributed by atoms with Crippen LogP contribution in [0.15, 0.2) is 18.3 Å². The van der Waals surface area contributed by atoms with Gasteiger partial charge in [-0.25, -0.2) is 0 Å². The minimum Gasteiger partial charge on any atom is -0.361 e. The van der Waals surface area contributed by atoms with Crippen molar-refractivity contribution in [3.8, 4) is 0 Å². The fourth-order valence-electron chi connectivity index (χ4n) is 2.62. The van der Waals surface area contributed by atoms with E-state index in [4.69, 9.17) is 5.73 Å². The van der Waals surface area contributed by atoms with E-state index in [1.165, 1.54) is 31.7 Å². The molecule has 1 aliphatic rings. The van der Waals surface area contributed by atoms with E-state index < -0.39 is 0 Å². The first-order valence-corrected chi connectivity index (χ1v) is 6.56. The molecule has 96 valence electrons. The van der Waals surface area contributed by atoms with Crippen molar-refractivity contribution in [3.63, 3.8) is 0 Å². The van der Waals surface area contributed by atoms with Gasteiger partial charge in [0.2, 0.25) is 0 Å². The Morgan fingerprint density at radius 1 is 1.47 bits per heavy atom. The highest BCUT2D eigenvalue weighted by molar-refractivity contribution is 5.37. The number of aromatic nitrogens is 1. The van der Waals surface area contributed by atoms with Crippen LogP contribution in [0.4, 0.5) is 5.82 Å². The molecule has 2 rings (SSSR count). The number of hydrogen-bond acceptors (Lipinski definition) is 3. The monoisotopic (exact) mass is 236 g/mol. The summed E-state index contributed by atoms with van der Waals surface area (Å²) in [6, 6.07) is 4.18. The SMILES string of the molecule is CN(CC1CCN(CCN)CC1)c1ccc[nH]1. The Bertz CT molecular complexity index is 301. The molecule has 0 amide bonds. The van der Waals surface area contributed by atoms with Gasteiger partial charge in [-0.15, -0.1) is 0 Å². The third-order valence-corrected chi connectivity index (χ3v) is 3.68. The molecule has 4 nitrogen and oxygen atoms in total. The van der Waals surface area contributed by atoms with Crippen LogP contribution >= 0.6 is 0 Å². The predicted octanol–water partition coefficient (Wildman–Crippen LogP) is 1.12. The normalized spacial score (nSPS) is 18.5. The molecule has 0 bridgehead atoms. The van der Waals surface area contributed by atoms with Gasteiger partial charge in [0.05, 0.1) is 0 Å². The van der Waals surface area contributed by atoms with E-state index in [9.17, 15) is 0 Å². The maximum atomic E-state index is 5.58. The van der Waals surface area contributed by atoms with E-state index in [1.807, 2.05) is 6.20 Å². The zero-order valence-corrected chi connectivity index (χ0v) is 10.7. The summed E-state index contributed by atoms with van der Waals surface area (Å²) in [7, 11) is 2.16. The Labute approximate surface area is 104 Å². The average molecular weight is 236 g/mol. The van der Waals surface area contributed by atoms with Crippen molar-refractivity contribution < 1.29 is 0 Å². The summed E-state index contributed by atoms with van der Waals surface area (Å²) in [5.41, 5.74) is 5.58. The number of hydrogen-bond donors (Lipinski definition) is 2. The van der Waals surface area contributed by atoms with Crippen LogP contribution in [-0.2, 0) is 0 Å². The summed E-state index contributed by atoms with van der Waals surface area (Å²) in [5.74, 6) is 2.03. The molecule has 17 heavy (non-hydrogen) atoms. The summed E-state index contributed by atoms with van der Waals surface area (Å²) in [6.45, 7) is 5.41. The van der Waals surface area contributed by atoms with Crippen LogP contribution in [0, 0.1) is 5.92 Å². The number of H-pyrrole nitrogens is 1. The van der Waals surface area contributed by atoms with E-state index in [-0.39, 0.29) is 0 Å². The lowest BCUT2D eigenvalue weighted by Crippen LogP contribution is -2.40. The first-order valence-electron chi connectivity index (χ1n) is 6.56. The van der Waals surface area contributed by atoms with Crippen LogP contribution in [0.1, 0.15) is 12.8 Å². The van der Waals surface area contributed by atoms with Crippen LogP contribution in [0.3, 0.4) is 0 Å². The lowest BCUT2D eigenvalue weighted by Gasteiger charge is -2.33. The molecule has 0 unspecified atom stereocenters. The zero-order valence-electron chi connectivity index (χ0n) is 10.7. The quantitative estimate of drug-likeness (QED) is 0.805. The molecule has 1 aromatic rings. The van der Waals surface area contributed by atoms with Gasteiger partial charge in [0.1, 0.15) is 5.82 Å². The van der Waals surface area contributed by atoms with Gasteiger partial charge in [-0.05, 0) is 44.0 Å². The molecule has 1 fully saturated rings. The topological polar surface area (TPSA) is 48.3 Å². The van der Waals surface area contributed by atoms with E-state index in [2.05, 4.69) is 34.0 Å². The molecule has 0 aromatic carbocycles. The van der Waals surface area contributed by atoms with E-state index in [1.54, 1.807) is 0 Å². The smallest absolute Gasteiger partial charge is 0.105 e. The average Bonchev–Trinajstić information content (AvgIpc) is 2.86. The molecule has 1 aliphatic heterocycles. The second kappa shape index (κ2) is 6.07. The van der Waals surface area contributed by atoms with Gasteiger partial charge in [-0.3, -0.25) is 0 Å². The van der Waals surface area contributed by atoms with Crippen molar-refractivity contribution in [1.29, 1.82) is 0 Å². The Morgan fingerprint density at radius 2 is 2.24 bits per heavy atom. The van der Waals surface area contributed by atoms with Crippen LogP contribution in [-0.4, -0.2) is 49.7 Å². The molecule has 0 spiro atoms. The lowest BCUT2D eigenvalue weighted by atomic mass is 9.96. The number of nitrogens with two attached hydrogens (primary N) is 1. The predicted molar refractivity (Wildman–Crippen MR) is 72.3 cm³/mol. The molecule has 0 atom stereocenters. The maximum absolute atomic E-state index is 5.58. The Kier molecular flexibility index (Phi) is 4.45. The van der Waals surface area contributed by atoms with E-state index >= 15 is 0 Å². The van der Waals surface area contributed by atoms with Crippen molar-refractivity contribution in [2.75, 3.05) is 44.7 Å². The first-order chi connectivity index (χ1) is 8.29. The lowest BCUT2D eigenvalue weighted by molar-refractivity contribution is 0.191.